The van der Waals surface area contributed by atoms with Crippen LogP contribution in [-0.4, -0.2) is 54.9 Å². The van der Waals surface area contributed by atoms with Crippen LogP contribution in [0.4, 0.5) is 8.78 Å². The molecule has 0 spiro atoms. The van der Waals surface area contributed by atoms with Crippen molar-refractivity contribution in [3.05, 3.63) is 35.4 Å². The van der Waals surface area contributed by atoms with Crippen LogP contribution in [0.15, 0.2) is 24.3 Å². The lowest BCUT2D eigenvalue weighted by Gasteiger charge is -2.28. The van der Waals surface area contributed by atoms with Crippen LogP contribution < -0.4 is 0 Å². The summed E-state index contributed by atoms with van der Waals surface area (Å²) in [5.74, 6) is -2.35. The first-order chi connectivity index (χ1) is 13.5. The molecule has 3 heterocycles. The minimum absolute atomic E-state index is 0.152. The van der Waals surface area contributed by atoms with Gasteiger partial charge in [0, 0.05) is 5.56 Å². The molecule has 1 aromatic carbocycles. The van der Waals surface area contributed by atoms with Crippen molar-refractivity contribution in [3.8, 4) is 0 Å². The molecule has 160 valence electrons. The SMILES string of the molecule is CC1(C)O[C@H]2O[C@H]([C@H]3COC(C)(C)O3)[C@H](OC(=O)c3ccc(C(F)F)cc3)[C@H]2O1. The Morgan fingerprint density at radius 1 is 1.03 bits per heavy atom. The van der Waals surface area contributed by atoms with Crippen molar-refractivity contribution in [3.63, 3.8) is 0 Å². The van der Waals surface area contributed by atoms with Crippen molar-refractivity contribution in [1.82, 2.24) is 0 Å². The molecule has 0 N–H and O–H groups in total. The number of alkyl halides is 2. The summed E-state index contributed by atoms with van der Waals surface area (Å²) in [6, 6.07) is 5.00. The summed E-state index contributed by atoms with van der Waals surface area (Å²) >= 11 is 0. The second kappa shape index (κ2) is 7.24. The highest BCUT2D eigenvalue weighted by Gasteiger charge is 2.60. The Bertz CT molecular complexity index is 765. The second-order valence-corrected chi connectivity index (χ2v) is 8.23. The number of ether oxygens (including phenoxy) is 6. The van der Waals surface area contributed by atoms with Crippen molar-refractivity contribution >= 4 is 5.97 Å². The van der Waals surface area contributed by atoms with Gasteiger partial charge in [-0.15, -0.1) is 0 Å². The van der Waals surface area contributed by atoms with Gasteiger partial charge >= 0.3 is 5.97 Å². The van der Waals surface area contributed by atoms with E-state index in [1.54, 1.807) is 27.7 Å². The van der Waals surface area contributed by atoms with Crippen LogP contribution in [0.25, 0.3) is 0 Å². The largest absolute Gasteiger partial charge is 0.453 e. The summed E-state index contributed by atoms with van der Waals surface area (Å²) in [4.78, 5) is 12.7. The summed E-state index contributed by atoms with van der Waals surface area (Å²) < 4.78 is 60.3. The second-order valence-electron chi connectivity index (χ2n) is 8.23. The number of benzene rings is 1. The first-order valence-corrected chi connectivity index (χ1v) is 9.47. The van der Waals surface area contributed by atoms with Crippen LogP contribution >= 0.6 is 0 Å². The highest BCUT2D eigenvalue weighted by atomic mass is 19.3. The fraction of sp³-hybridized carbons (Fsp3) is 0.650. The number of halogens is 2. The molecule has 5 atom stereocenters. The lowest BCUT2D eigenvalue weighted by molar-refractivity contribution is -0.232. The monoisotopic (exact) mass is 414 g/mol. The molecule has 3 aliphatic rings. The van der Waals surface area contributed by atoms with E-state index in [-0.39, 0.29) is 17.7 Å². The van der Waals surface area contributed by atoms with Gasteiger partial charge in [0.15, 0.2) is 30.1 Å². The minimum atomic E-state index is -2.61. The molecule has 0 aromatic heterocycles. The molecule has 0 aliphatic carbocycles. The minimum Gasteiger partial charge on any atom is -0.453 e. The molecule has 4 rings (SSSR count). The molecule has 1 aromatic rings. The van der Waals surface area contributed by atoms with E-state index in [1.807, 2.05) is 0 Å². The number of carbonyl (C=O) groups is 1. The summed E-state index contributed by atoms with van der Waals surface area (Å²) in [6.45, 7) is 7.31. The maximum Gasteiger partial charge on any atom is 0.338 e. The third kappa shape index (κ3) is 4.15. The first-order valence-electron chi connectivity index (χ1n) is 9.47. The van der Waals surface area contributed by atoms with Crippen LogP contribution in [0, 0.1) is 0 Å². The molecule has 3 fully saturated rings. The summed E-state index contributed by atoms with van der Waals surface area (Å²) in [7, 11) is 0. The lowest BCUT2D eigenvalue weighted by atomic mass is 10.1. The van der Waals surface area contributed by atoms with E-state index in [9.17, 15) is 13.6 Å². The maximum absolute atomic E-state index is 12.7. The van der Waals surface area contributed by atoms with E-state index in [1.165, 1.54) is 24.3 Å². The van der Waals surface area contributed by atoms with Crippen LogP contribution in [0.1, 0.15) is 50.0 Å². The summed E-state index contributed by atoms with van der Waals surface area (Å²) in [6.07, 6.45) is -5.93. The molecular weight excluding hydrogens is 390 g/mol. The molecule has 0 bridgehead atoms. The molecule has 0 radical (unpaired) electrons. The van der Waals surface area contributed by atoms with E-state index >= 15 is 0 Å². The Labute approximate surface area is 167 Å². The van der Waals surface area contributed by atoms with Gasteiger partial charge in [0.25, 0.3) is 6.43 Å². The Kier molecular flexibility index (Phi) is 5.15. The van der Waals surface area contributed by atoms with Crippen LogP contribution in [0.3, 0.4) is 0 Å². The number of hydrogen-bond donors (Lipinski definition) is 0. The maximum atomic E-state index is 12.7. The van der Waals surface area contributed by atoms with Crippen LogP contribution in [0.2, 0.25) is 0 Å². The summed E-state index contributed by atoms with van der Waals surface area (Å²) in [5, 5.41) is 0. The molecule has 3 aliphatic heterocycles. The smallest absolute Gasteiger partial charge is 0.338 e. The van der Waals surface area contributed by atoms with Crippen molar-refractivity contribution in [2.45, 2.75) is 76.4 Å². The Balaban J connectivity index is 1.53. The Morgan fingerprint density at radius 2 is 1.72 bits per heavy atom. The van der Waals surface area contributed by atoms with Gasteiger partial charge < -0.3 is 28.4 Å². The van der Waals surface area contributed by atoms with E-state index in [0.29, 0.717) is 0 Å². The fourth-order valence-electron chi connectivity index (χ4n) is 3.77. The van der Waals surface area contributed by atoms with Gasteiger partial charge in [0.2, 0.25) is 0 Å². The average Bonchev–Trinajstić information content (AvgIpc) is 3.25. The zero-order valence-corrected chi connectivity index (χ0v) is 16.6. The molecule has 29 heavy (non-hydrogen) atoms. The predicted molar refractivity (Wildman–Crippen MR) is 94.2 cm³/mol. The number of esters is 1. The quantitative estimate of drug-likeness (QED) is 0.701. The van der Waals surface area contributed by atoms with Crippen LogP contribution in [-0.2, 0) is 28.4 Å². The van der Waals surface area contributed by atoms with E-state index in [4.69, 9.17) is 28.4 Å². The molecule has 0 amide bonds. The van der Waals surface area contributed by atoms with Gasteiger partial charge in [-0.2, -0.15) is 0 Å². The van der Waals surface area contributed by atoms with Gasteiger partial charge in [0.05, 0.1) is 12.2 Å². The third-order valence-corrected chi connectivity index (χ3v) is 5.07. The molecule has 0 saturated carbocycles. The number of carbonyl (C=O) groups excluding carboxylic acids is 1. The molecular formula is C20H24F2O7. The third-order valence-electron chi connectivity index (χ3n) is 5.07. The first kappa shape index (κ1) is 20.6. The zero-order chi connectivity index (χ0) is 21.0. The van der Waals surface area contributed by atoms with Gasteiger partial charge in [-0.05, 0) is 39.8 Å². The average molecular weight is 414 g/mol. The van der Waals surface area contributed by atoms with Crippen LogP contribution in [0.5, 0.6) is 0 Å². The Hall–Kier alpha value is -1.65. The topological polar surface area (TPSA) is 72.5 Å². The van der Waals surface area contributed by atoms with E-state index in [0.717, 1.165) is 0 Å². The standard InChI is InChI=1S/C20H24F2O7/c1-19(2)24-9-12(27-19)13-14(15-18(26-13)29-20(3,4)28-15)25-17(23)11-7-5-10(6-8-11)16(21)22/h5-8,12-16,18H,9H2,1-4H3/t12-,13-,14+,15-,18-/m1/s1. The van der Waals surface area contributed by atoms with Gasteiger partial charge in [-0.25, -0.2) is 13.6 Å². The lowest BCUT2D eigenvalue weighted by Crippen LogP contribution is -2.45. The van der Waals surface area contributed by atoms with Gasteiger partial charge in [-0.3, -0.25) is 0 Å². The van der Waals surface area contributed by atoms with Crippen molar-refractivity contribution < 1.29 is 42.0 Å². The predicted octanol–water partition coefficient (Wildman–Crippen LogP) is 3.18. The Morgan fingerprint density at radius 3 is 2.31 bits per heavy atom. The van der Waals surface area contributed by atoms with E-state index < -0.39 is 54.7 Å². The van der Waals surface area contributed by atoms with Gasteiger partial charge in [0.1, 0.15) is 12.2 Å². The van der Waals surface area contributed by atoms with Crippen molar-refractivity contribution in [1.29, 1.82) is 0 Å². The fourth-order valence-corrected chi connectivity index (χ4v) is 3.77. The molecule has 7 nitrogen and oxygen atoms in total. The summed E-state index contributed by atoms with van der Waals surface area (Å²) in [5.41, 5.74) is -0.0182. The van der Waals surface area contributed by atoms with Gasteiger partial charge in [-0.1, -0.05) is 12.1 Å². The molecule has 9 heteroatoms. The molecule has 3 saturated heterocycles. The van der Waals surface area contributed by atoms with E-state index in [2.05, 4.69) is 0 Å². The zero-order valence-electron chi connectivity index (χ0n) is 16.6. The highest BCUT2D eigenvalue weighted by molar-refractivity contribution is 5.89. The molecule has 0 unspecified atom stereocenters. The number of fused-ring (bicyclic) bond motifs is 1. The normalized spacial score (nSPS) is 35.1. The van der Waals surface area contributed by atoms with Crippen molar-refractivity contribution in [2.24, 2.45) is 0 Å². The van der Waals surface area contributed by atoms with Crippen molar-refractivity contribution in [2.75, 3.05) is 6.61 Å². The number of hydrogen-bond acceptors (Lipinski definition) is 7. The number of rotatable bonds is 4. The highest BCUT2D eigenvalue weighted by Crippen LogP contribution is 2.42.